The van der Waals surface area contributed by atoms with Crippen molar-refractivity contribution in [2.75, 3.05) is 5.75 Å². The fourth-order valence-corrected chi connectivity index (χ4v) is 1.96. The number of benzene rings is 2. The van der Waals surface area contributed by atoms with Gasteiger partial charge in [-0.2, -0.15) is 12.6 Å². The highest BCUT2D eigenvalue weighted by atomic mass is 35.5. The Morgan fingerprint density at radius 1 is 0.950 bits per heavy atom. The molecule has 2 aromatic carbocycles. The number of hydrogen-bond acceptors (Lipinski definition) is 3. The molecule has 108 valence electrons. The summed E-state index contributed by atoms with van der Waals surface area (Å²) in [5.74, 6) is 1.58. The number of thiol groups is 1. The van der Waals surface area contributed by atoms with E-state index in [2.05, 4.69) is 36.9 Å². The second-order valence-electron chi connectivity index (χ2n) is 4.57. The molecular formula is C16H20ClNOS. The third-order valence-corrected chi connectivity index (χ3v) is 3.37. The molecule has 0 aromatic heterocycles. The van der Waals surface area contributed by atoms with E-state index in [-0.39, 0.29) is 18.4 Å². The van der Waals surface area contributed by atoms with Crippen LogP contribution in [0.2, 0.25) is 0 Å². The van der Waals surface area contributed by atoms with E-state index in [1.54, 1.807) is 0 Å². The molecule has 0 unspecified atom stereocenters. The van der Waals surface area contributed by atoms with Crippen molar-refractivity contribution in [1.82, 2.24) is 0 Å². The van der Waals surface area contributed by atoms with Crippen molar-refractivity contribution in [2.45, 2.75) is 19.1 Å². The number of hydrogen-bond donors (Lipinski definition) is 2. The zero-order valence-electron chi connectivity index (χ0n) is 11.2. The largest absolute Gasteiger partial charge is 0.489 e. The monoisotopic (exact) mass is 309 g/mol. The summed E-state index contributed by atoms with van der Waals surface area (Å²) >= 11 is 4.19. The van der Waals surface area contributed by atoms with Crippen LogP contribution in [0.1, 0.15) is 11.1 Å². The quantitative estimate of drug-likeness (QED) is 0.801. The first-order valence-electron chi connectivity index (χ1n) is 6.40. The molecule has 20 heavy (non-hydrogen) atoms. The minimum Gasteiger partial charge on any atom is -0.489 e. The van der Waals surface area contributed by atoms with Crippen LogP contribution in [0.4, 0.5) is 0 Å². The molecular weight excluding hydrogens is 290 g/mol. The first-order chi connectivity index (χ1) is 9.28. The van der Waals surface area contributed by atoms with Crippen LogP contribution in [0.3, 0.4) is 0 Å². The minimum absolute atomic E-state index is 0. The molecule has 4 heteroatoms. The number of halogens is 1. The lowest BCUT2D eigenvalue weighted by atomic mass is 10.1. The Bertz CT molecular complexity index is 490. The first kappa shape index (κ1) is 16.9. The molecule has 0 amide bonds. The molecule has 2 N–H and O–H groups in total. The van der Waals surface area contributed by atoms with Crippen LogP contribution in [-0.4, -0.2) is 11.8 Å². The van der Waals surface area contributed by atoms with Crippen molar-refractivity contribution in [3.05, 3.63) is 65.7 Å². The number of nitrogens with two attached hydrogens (primary N) is 1. The van der Waals surface area contributed by atoms with E-state index >= 15 is 0 Å². The molecule has 0 fully saturated rings. The Morgan fingerprint density at radius 2 is 1.60 bits per heavy atom. The Balaban J connectivity index is 0.00000200. The predicted molar refractivity (Wildman–Crippen MR) is 90.0 cm³/mol. The molecule has 0 saturated carbocycles. The molecule has 0 aliphatic heterocycles. The Morgan fingerprint density at radius 3 is 2.20 bits per heavy atom. The van der Waals surface area contributed by atoms with Gasteiger partial charge in [0, 0.05) is 11.8 Å². The first-order valence-corrected chi connectivity index (χ1v) is 7.03. The molecule has 0 heterocycles. The topological polar surface area (TPSA) is 35.2 Å². The van der Waals surface area contributed by atoms with Crippen LogP contribution in [0.15, 0.2) is 54.6 Å². The van der Waals surface area contributed by atoms with Crippen LogP contribution in [-0.2, 0) is 13.0 Å². The Labute approximate surface area is 132 Å². The zero-order chi connectivity index (χ0) is 13.5. The summed E-state index contributed by atoms with van der Waals surface area (Å²) in [5.41, 5.74) is 8.26. The molecule has 2 rings (SSSR count). The summed E-state index contributed by atoms with van der Waals surface area (Å²) in [6.45, 7) is 0.594. The molecule has 2 aromatic rings. The van der Waals surface area contributed by atoms with Gasteiger partial charge in [-0.25, -0.2) is 0 Å². The second kappa shape index (κ2) is 8.90. The van der Waals surface area contributed by atoms with Crippen molar-refractivity contribution in [1.29, 1.82) is 0 Å². The third-order valence-electron chi connectivity index (χ3n) is 2.90. The van der Waals surface area contributed by atoms with E-state index in [9.17, 15) is 0 Å². The summed E-state index contributed by atoms with van der Waals surface area (Å²) in [7, 11) is 0. The highest BCUT2D eigenvalue weighted by molar-refractivity contribution is 7.80. The van der Waals surface area contributed by atoms with Gasteiger partial charge >= 0.3 is 0 Å². The van der Waals surface area contributed by atoms with Gasteiger partial charge in [-0.3, -0.25) is 0 Å². The van der Waals surface area contributed by atoms with Gasteiger partial charge in [0.15, 0.2) is 0 Å². The van der Waals surface area contributed by atoms with Crippen LogP contribution >= 0.6 is 25.0 Å². The van der Waals surface area contributed by atoms with Crippen LogP contribution in [0.25, 0.3) is 0 Å². The molecule has 0 aliphatic rings. The van der Waals surface area contributed by atoms with E-state index in [1.165, 1.54) is 11.1 Å². The molecule has 0 spiro atoms. The summed E-state index contributed by atoms with van der Waals surface area (Å²) < 4.78 is 5.73. The van der Waals surface area contributed by atoms with Crippen LogP contribution in [0, 0.1) is 0 Å². The summed E-state index contributed by atoms with van der Waals surface area (Å²) in [5, 5.41) is 0. The molecule has 2 nitrogen and oxygen atoms in total. The van der Waals surface area contributed by atoms with E-state index < -0.39 is 0 Å². The van der Waals surface area contributed by atoms with E-state index in [0.29, 0.717) is 12.4 Å². The third kappa shape index (κ3) is 5.45. The maximum absolute atomic E-state index is 5.87. The zero-order valence-corrected chi connectivity index (χ0v) is 12.9. The molecule has 0 bridgehead atoms. The fraction of sp³-hybridized carbons (Fsp3) is 0.250. The maximum atomic E-state index is 5.87. The molecule has 0 aliphatic carbocycles. The van der Waals surface area contributed by atoms with Gasteiger partial charge in [0.2, 0.25) is 0 Å². The van der Waals surface area contributed by atoms with Gasteiger partial charge in [0.25, 0.3) is 0 Å². The summed E-state index contributed by atoms with van der Waals surface area (Å²) in [4.78, 5) is 0. The lowest BCUT2D eigenvalue weighted by Gasteiger charge is -2.10. The average molecular weight is 310 g/mol. The van der Waals surface area contributed by atoms with Gasteiger partial charge in [0.05, 0.1) is 0 Å². The highest BCUT2D eigenvalue weighted by Gasteiger charge is 2.02. The second-order valence-corrected chi connectivity index (χ2v) is 4.93. The molecule has 0 saturated heterocycles. The number of rotatable bonds is 6. The lowest BCUT2D eigenvalue weighted by molar-refractivity contribution is 0.306. The van der Waals surface area contributed by atoms with Crippen LogP contribution < -0.4 is 10.5 Å². The van der Waals surface area contributed by atoms with E-state index in [0.717, 1.165) is 12.2 Å². The fourth-order valence-electron chi connectivity index (χ4n) is 1.83. The Kier molecular flexibility index (Phi) is 7.52. The van der Waals surface area contributed by atoms with E-state index in [4.69, 9.17) is 10.5 Å². The summed E-state index contributed by atoms with van der Waals surface area (Å²) in [6.07, 6.45) is 0.850. The average Bonchev–Trinajstić information content (AvgIpc) is 2.47. The lowest BCUT2D eigenvalue weighted by Crippen LogP contribution is -2.24. The van der Waals surface area contributed by atoms with Gasteiger partial charge in [0.1, 0.15) is 12.4 Å². The van der Waals surface area contributed by atoms with Crippen molar-refractivity contribution in [3.63, 3.8) is 0 Å². The van der Waals surface area contributed by atoms with Crippen molar-refractivity contribution in [2.24, 2.45) is 5.73 Å². The van der Waals surface area contributed by atoms with Gasteiger partial charge in [-0.1, -0.05) is 42.5 Å². The normalized spacial score (nSPS) is 11.5. The number of ether oxygens (including phenoxy) is 1. The summed E-state index contributed by atoms with van der Waals surface area (Å²) in [6, 6.07) is 18.4. The SMILES string of the molecule is Cl.N[C@H](CS)Cc1ccc(OCc2ccccc2)cc1. The van der Waals surface area contributed by atoms with Gasteiger partial charge in [-0.15, -0.1) is 12.4 Å². The highest BCUT2D eigenvalue weighted by Crippen LogP contribution is 2.15. The minimum atomic E-state index is 0. The predicted octanol–water partition coefficient (Wildman–Crippen LogP) is 3.49. The molecule has 0 radical (unpaired) electrons. The molecule has 1 atom stereocenters. The van der Waals surface area contributed by atoms with Crippen LogP contribution in [0.5, 0.6) is 5.75 Å². The Hall–Kier alpha value is -1.16. The van der Waals surface area contributed by atoms with E-state index in [1.807, 2.05) is 30.3 Å². The smallest absolute Gasteiger partial charge is 0.119 e. The van der Waals surface area contributed by atoms with Crippen molar-refractivity contribution >= 4 is 25.0 Å². The van der Waals surface area contributed by atoms with Gasteiger partial charge < -0.3 is 10.5 Å². The maximum Gasteiger partial charge on any atom is 0.119 e. The van der Waals surface area contributed by atoms with Crippen molar-refractivity contribution < 1.29 is 4.74 Å². The van der Waals surface area contributed by atoms with Crippen molar-refractivity contribution in [3.8, 4) is 5.75 Å². The van der Waals surface area contributed by atoms with Gasteiger partial charge in [-0.05, 0) is 29.7 Å². The standard InChI is InChI=1S/C16H19NOS.ClH/c17-15(12-19)10-13-6-8-16(9-7-13)18-11-14-4-2-1-3-5-14;/h1-9,15,19H,10-12,17H2;1H/t15-;/m0./s1.